The fourth-order valence-corrected chi connectivity index (χ4v) is 3.66. The van der Waals surface area contributed by atoms with Crippen LogP contribution in [-0.4, -0.2) is 40.6 Å². The van der Waals surface area contributed by atoms with E-state index in [0.717, 1.165) is 6.54 Å². The van der Waals surface area contributed by atoms with Gasteiger partial charge < -0.3 is 10.1 Å². The Bertz CT molecular complexity index is 616. The summed E-state index contributed by atoms with van der Waals surface area (Å²) in [6.45, 7) is 1.33. The number of methoxy groups -OCH3 is 1. The zero-order chi connectivity index (χ0) is 14.8. The summed E-state index contributed by atoms with van der Waals surface area (Å²) >= 11 is 5.81. The van der Waals surface area contributed by atoms with E-state index in [1.54, 1.807) is 0 Å². The van der Waals surface area contributed by atoms with Crippen molar-refractivity contribution in [2.24, 2.45) is 0 Å². The van der Waals surface area contributed by atoms with Crippen molar-refractivity contribution < 1.29 is 17.9 Å². The van der Waals surface area contributed by atoms with Gasteiger partial charge in [0.1, 0.15) is 0 Å². The molecule has 21 heavy (non-hydrogen) atoms. The highest BCUT2D eigenvalue weighted by atomic mass is 35.5. The number of benzene rings is 1. The Kier molecular flexibility index (Phi) is 6.42. The number of nitrogens with one attached hydrogen (secondary N) is 2. The lowest BCUT2D eigenvalue weighted by Gasteiger charge is -2.14. The molecule has 0 aliphatic carbocycles. The number of carbonyl (C=O) groups is 1. The Morgan fingerprint density at radius 2 is 2.19 bits per heavy atom. The molecule has 6 nitrogen and oxygen atoms in total. The SMILES string of the molecule is COC(=O)c1cc(Cl)ccc1S(=O)(=O)NC1CCNC1.Cl. The number of sulfonamides is 1. The van der Waals surface area contributed by atoms with Gasteiger partial charge in [0.05, 0.1) is 17.6 Å². The molecule has 1 saturated heterocycles. The van der Waals surface area contributed by atoms with E-state index in [1.807, 2.05) is 0 Å². The van der Waals surface area contributed by atoms with Gasteiger partial charge in [0.2, 0.25) is 10.0 Å². The third-order valence-corrected chi connectivity index (χ3v) is 4.83. The number of rotatable bonds is 4. The van der Waals surface area contributed by atoms with Crippen LogP contribution in [0.25, 0.3) is 0 Å². The van der Waals surface area contributed by atoms with Crippen LogP contribution in [0.3, 0.4) is 0 Å². The number of hydrogen-bond acceptors (Lipinski definition) is 5. The van der Waals surface area contributed by atoms with Crippen LogP contribution in [0.15, 0.2) is 23.1 Å². The zero-order valence-corrected chi connectivity index (χ0v) is 13.6. The molecule has 0 saturated carbocycles. The number of halogens is 2. The molecule has 1 unspecified atom stereocenters. The van der Waals surface area contributed by atoms with E-state index >= 15 is 0 Å². The summed E-state index contributed by atoms with van der Waals surface area (Å²) in [6.07, 6.45) is 0.709. The van der Waals surface area contributed by atoms with E-state index in [0.29, 0.717) is 13.0 Å². The standard InChI is InChI=1S/C12H15ClN2O4S.ClH/c1-19-12(16)10-6-8(13)2-3-11(10)20(17,18)15-9-4-5-14-7-9;/h2-3,6,9,14-15H,4-5,7H2,1H3;1H. The molecule has 1 aliphatic rings. The topological polar surface area (TPSA) is 84.5 Å². The van der Waals surface area contributed by atoms with Crippen LogP contribution in [0.4, 0.5) is 0 Å². The number of esters is 1. The molecule has 0 radical (unpaired) electrons. The maximum Gasteiger partial charge on any atom is 0.339 e. The van der Waals surface area contributed by atoms with Gasteiger partial charge in [-0.3, -0.25) is 0 Å². The Labute approximate surface area is 134 Å². The number of hydrogen-bond donors (Lipinski definition) is 2. The Morgan fingerprint density at radius 3 is 2.76 bits per heavy atom. The van der Waals surface area contributed by atoms with E-state index in [1.165, 1.54) is 25.3 Å². The van der Waals surface area contributed by atoms with Crippen molar-refractivity contribution in [3.63, 3.8) is 0 Å². The van der Waals surface area contributed by atoms with Gasteiger partial charge in [-0.15, -0.1) is 12.4 Å². The Balaban J connectivity index is 0.00000220. The first-order chi connectivity index (χ1) is 9.44. The van der Waals surface area contributed by atoms with E-state index in [2.05, 4.69) is 14.8 Å². The van der Waals surface area contributed by atoms with Crippen molar-refractivity contribution in [1.29, 1.82) is 0 Å². The smallest absolute Gasteiger partial charge is 0.339 e. The quantitative estimate of drug-likeness (QED) is 0.793. The predicted molar refractivity (Wildman–Crippen MR) is 81.6 cm³/mol. The molecule has 2 N–H and O–H groups in total. The number of ether oxygens (including phenoxy) is 1. The van der Waals surface area contributed by atoms with Crippen molar-refractivity contribution >= 4 is 40.0 Å². The van der Waals surface area contributed by atoms with Gasteiger partial charge in [-0.05, 0) is 31.2 Å². The van der Waals surface area contributed by atoms with Gasteiger partial charge in [-0.2, -0.15) is 0 Å². The van der Waals surface area contributed by atoms with Crippen molar-refractivity contribution in [2.75, 3.05) is 20.2 Å². The summed E-state index contributed by atoms with van der Waals surface area (Å²) in [6, 6.07) is 3.84. The van der Waals surface area contributed by atoms with E-state index in [-0.39, 0.29) is 33.9 Å². The molecule has 1 aliphatic heterocycles. The lowest BCUT2D eigenvalue weighted by atomic mass is 10.2. The summed E-state index contributed by atoms with van der Waals surface area (Å²) < 4.78 is 31.9. The molecule has 1 fully saturated rings. The first-order valence-corrected chi connectivity index (χ1v) is 7.91. The second kappa shape index (κ2) is 7.42. The van der Waals surface area contributed by atoms with Crippen LogP contribution in [0.5, 0.6) is 0 Å². The highest BCUT2D eigenvalue weighted by molar-refractivity contribution is 7.89. The molecule has 1 atom stereocenters. The van der Waals surface area contributed by atoms with Crippen LogP contribution in [0.1, 0.15) is 16.8 Å². The first-order valence-electron chi connectivity index (χ1n) is 6.05. The molecule has 0 aromatic heterocycles. The molecule has 0 amide bonds. The molecule has 1 aromatic carbocycles. The van der Waals surface area contributed by atoms with E-state index < -0.39 is 16.0 Å². The normalized spacial score (nSPS) is 18.1. The predicted octanol–water partition coefficient (Wildman–Crippen LogP) is 1.19. The van der Waals surface area contributed by atoms with Gasteiger partial charge in [-0.1, -0.05) is 11.6 Å². The monoisotopic (exact) mass is 354 g/mol. The zero-order valence-electron chi connectivity index (χ0n) is 11.3. The lowest BCUT2D eigenvalue weighted by molar-refractivity contribution is 0.0596. The maximum absolute atomic E-state index is 12.4. The largest absolute Gasteiger partial charge is 0.465 e. The molecule has 1 aromatic rings. The molecular weight excluding hydrogens is 339 g/mol. The van der Waals surface area contributed by atoms with Gasteiger partial charge in [-0.25, -0.2) is 17.9 Å². The molecule has 9 heteroatoms. The van der Waals surface area contributed by atoms with Gasteiger partial charge in [0, 0.05) is 17.6 Å². The van der Waals surface area contributed by atoms with Crippen LogP contribution in [0.2, 0.25) is 5.02 Å². The summed E-state index contributed by atoms with van der Waals surface area (Å²) in [5.74, 6) is -0.738. The minimum Gasteiger partial charge on any atom is -0.465 e. The molecule has 1 heterocycles. The van der Waals surface area contributed by atoms with Crippen LogP contribution < -0.4 is 10.0 Å². The average Bonchev–Trinajstić information content (AvgIpc) is 2.89. The molecule has 0 bridgehead atoms. The van der Waals surface area contributed by atoms with E-state index in [9.17, 15) is 13.2 Å². The van der Waals surface area contributed by atoms with Gasteiger partial charge in [0.25, 0.3) is 0 Å². The van der Waals surface area contributed by atoms with Crippen molar-refractivity contribution in [3.8, 4) is 0 Å². The summed E-state index contributed by atoms with van der Waals surface area (Å²) in [4.78, 5) is 11.6. The fourth-order valence-electron chi connectivity index (χ4n) is 2.04. The van der Waals surface area contributed by atoms with Gasteiger partial charge in [0.15, 0.2) is 0 Å². The fraction of sp³-hybridized carbons (Fsp3) is 0.417. The lowest BCUT2D eigenvalue weighted by Crippen LogP contribution is -2.36. The molecular formula is C12H16Cl2N2O4S. The molecule has 0 spiro atoms. The summed E-state index contributed by atoms with van der Waals surface area (Å²) in [5.41, 5.74) is -0.0709. The van der Waals surface area contributed by atoms with Crippen molar-refractivity contribution in [1.82, 2.24) is 10.0 Å². The van der Waals surface area contributed by atoms with E-state index in [4.69, 9.17) is 11.6 Å². The minimum atomic E-state index is -3.80. The first kappa shape index (κ1) is 18.2. The van der Waals surface area contributed by atoms with Crippen LogP contribution in [0, 0.1) is 0 Å². The highest BCUT2D eigenvalue weighted by Crippen LogP contribution is 2.22. The van der Waals surface area contributed by atoms with Gasteiger partial charge >= 0.3 is 5.97 Å². The van der Waals surface area contributed by atoms with Crippen molar-refractivity contribution in [2.45, 2.75) is 17.4 Å². The van der Waals surface area contributed by atoms with Crippen LogP contribution >= 0.6 is 24.0 Å². The molecule has 118 valence electrons. The number of carbonyl (C=O) groups excluding carboxylic acids is 1. The summed E-state index contributed by atoms with van der Waals surface area (Å²) in [7, 11) is -2.61. The maximum atomic E-state index is 12.4. The van der Waals surface area contributed by atoms with Crippen molar-refractivity contribution in [3.05, 3.63) is 28.8 Å². The average molecular weight is 355 g/mol. The Morgan fingerprint density at radius 1 is 1.48 bits per heavy atom. The summed E-state index contributed by atoms with van der Waals surface area (Å²) in [5, 5.41) is 3.33. The van der Waals surface area contributed by atoms with Crippen LogP contribution in [-0.2, 0) is 14.8 Å². The second-order valence-corrected chi connectivity index (χ2v) is 6.56. The second-order valence-electron chi connectivity index (χ2n) is 4.44. The highest BCUT2D eigenvalue weighted by Gasteiger charge is 2.27. The minimum absolute atomic E-state index is 0. The molecule has 2 rings (SSSR count). The third-order valence-electron chi connectivity index (χ3n) is 3.02. The third kappa shape index (κ3) is 4.31. The Hall–Kier alpha value is -0.860.